The third-order valence-electron chi connectivity index (χ3n) is 10.2. The second kappa shape index (κ2) is 13.9. The largest absolute Gasteiger partial charge is 0.465 e. The van der Waals surface area contributed by atoms with Gasteiger partial charge in [0.25, 0.3) is 0 Å². The van der Waals surface area contributed by atoms with E-state index in [-0.39, 0.29) is 40.5 Å². The summed E-state index contributed by atoms with van der Waals surface area (Å²) in [5.41, 5.74) is -0.765. The van der Waals surface area contributed by atoms with Crippen molar-refractivity contribution in [2.75, 3.05) is 6.61 Å². The monoisotopic (exact) mass is 532 g/mol. The van der Waals surface area contributed by atoms with Crippen molar-refractivity contribution in [2.24, 2.45) is 22.7 Å². The van der Waals surface area contributed by atoms with E-state index in [1.54, 1.807) is 0 Å². The van der Waals surface area contributed by atoms with Crippen LogP contribution >= 0.6 is 0 Å². The predicted octanol–water partition coefficient (Wildman–Crippen LogP) is 8.16. The fraction of sp³-hybridized carbons (Fsp3) is 0.909. The molecule has 0 N–H and O–H groups in total. The Hall–Kier alpha value is -1.23. The summed E-state index contributed by atoms with van der Waals surface area (Å²) in [6, 6.07) is 0. The highest BCUT2D eigenvalue weighted by Gasteiger charge is 2.74. The number of hydrogen-bond donors (Lipinski definition) is 0. The summed E-state index contributed by atoms with van der Waals surface area (Å²) < 4.78 is 11.8. The lowest BCUT2D eigenvalue weighted by Gasteiger charge is -2.56. The van der Waals surface area contributed by atoms with Crippen molar-refractivity contribution in [3.63, 3.8) is 0 Å². The van der Waals surface area contributed by atoms with Crippen molar-refractivity contribution in [1.82, 2.24) is 0 Å². The number of Topliss-reactive ketones (excluding diaryl/α,β-unsaturated/α-hetero) is 2. The molecule has 0 spiro atoms. The van der Waals surface area contributed by atoms with Crippen molar-refractivity contribution >= 4 is 17.5 Å². The van der Waals surface area contributed by atoms with Crippen molar-refractivity contribution < 1.29 is 23.9 Å². The lowest BCUT2D eigenvalue weighted by Crippen LogP contribution is -2.60. The number of fused-ring (bicyclic) bond motifs is 2. The Morgan fingerprint density at radius 2 is 1.37 bits per heavy atom. The smallest absolute Gasteiger partial charge is 0.305 e. The molecule has 0 aromatic carbocycles. The molecule has 218 valence electrons. The summed E-state index contributed by atoms with van der Waals surface area (Å²) in [7, 11) is 0. The van der Waals surface area contributed by atoms with Crippen molar-refractivity contribution in [3.05, 3.63) is 0 Å². The molecule has 1 aliphatic heterocycles. The van der Waals surface area contributed by atoms with Crippen LogP contribution in [0.2, 0.25) is 0 Å². The quantitative estimate of drug-likeness (QED) is 0.101. The maximum atomic E-state index is 13.2. The van der Waals surface area contributed by atoms with Gasteiger partial charge < -0.3 is 9.47 Å². The molecule has 1 heterocycles. The van der Waals surface area contributed by atoms with E-state index in [0.29, 0.717) is 38.1 Å². The summed E-state index contributed by atoms with van der Waals surface area (Å²) in [6.45, 7) is 11.2. The van der Waals surface area contributed by atoms with Gasteiger partial charge in [0, 0.05) is 31.1 Å². The third kappa shape index (κ3) is 7.70. The van der Waals surface area contributed by atoms with Crippen LogP contribution in [0.1, 0.15) is 150 Å². The van der Waals surface area contributed by atoms with Crippen LogP contribution in [0.4, 0.5) is 0 Å². The molecule has 0 radical (unpaired) electrons. The summed E-state index contributed by atoms with van der Waals surface area (Å²) in [6.07, 6.45) is 18.6. The number of ether oxygens (including phenoxy) is 2. The maximum absolute atomic E-state index is 13.2. The zero-order valence-corrected chi connectivity index (χ0v) is 25.2. The first-order chi connectivity index (χ1) is 18.1. The molecule has 1 saturated heterocycles. The molecule has 3 fully saturated rings. The van der Waals surface area contributed by atoms with E-state index < -0.39 is 5.60 Å². The summed E-state index contributed by atoms with van der Waals surface area (Å²) in [5, 5.41) is 0. The van der Waals surface area contributed by atoms with Gasteiger partial charge >= 0.3 is 5.97 Å². The number of rotatable bonds is 18. The van der Waals surface area contributed by atoms with Gasteiger partial charge in [-0.05, 0) is 49.9 Å². The van der Waals surface area contributed by atoms with Crippen LogP contribution in [-0.4, -0.2) is 35.8 Å². The van der Waals surface area contributed by atoms with Crippen molar-refractivity contribution in [2.45, 2.75) is 162 Å². The SMILES string of the molecule is CCCCCCCCCCCCC(=O)CCCCC(=O)OC[C@@H]1[C@@]2(C)CCCC(C)(C)[C@@H]2C(=O)[C@@H]2O[C@]12C. The molecule has 0 aromatic heterocycles. The van der Waals surface area contributed by atoms with Crippen LogP contribution < -0.4 is 0 Å². The molecule has 5 nitrogen and oxygen atoms in total. The van der Waals surface area contributed by atoms with Crippen molar-refractivity contribution in [1.29, 1.82) is 0 Å². The van der Waals surface area contributed by atoms with Crippen molar-refractivity contribution in [3.8, 4) is 0 Å². The fourth-order valence-corrected chi connectivity index (χ4v) is 7.95. The normalized spacial score (nSPS) is 31.4. The lowest BCUT2D eigenvalue weighted by atomic mass is 9.46. The minimum atomic E-state index is -0.503. The van der Waals surface area contributed by atoms with E-state index >= 15 is 0 Å². The van der Waals surface area contributed by atoms with Crippen LogP contribution in [0.25, 0.3) is 0 Å². The minimum Gasteiger partial charge on any atom is -0.465 e. The molecular weight excluding hydrogens is 476 g/mol. The minimum absolute atomic E-state index is 0.0360. The number of unbranched alkanes of at least 4 members (excludes halogenated alkanes) is 10. The van der Waals surface area contributed by atoms with Crippen LogP contribution in [0, 0.1) is 22.7 Å². The average molecular weight is 533 g/mol. The molecule has 0 bridgehead atoms. The fourth-order valence-electron chi connectivity index (χ4n) is 7.95. The van der Waals surface area contributed by atoms with Gasteiger partial charge in [-0.2, -0.15) is 0 Å². The molecule has 2 saturated carbocycles. The number of carbonyl (C=O) groups excluding carboxylic acids is 3. The molecule has 38 heavy (non-hydrogen) atoms. The van der Waals surface area contributed by atoms with Crippen LogP contribution in [0.3, 0.4) is 0 Å². The number of esters is 1. The highest BCUT2D eigenvalue weighted by atomic mass is 16.6. The Bertz CT molecular complexity index is 803. The Balaban J connectivity index is 1.28. The molecule has 2 aliphatic carbocycles. The van der Waals surface area contributed by atoms with Gasteiger partial charge in [0.2, 0.25) is 0 Å². The van der Waals surface area contributed by atoms with E-state index in [2.05, 4.69) is 27.7 Å². The van der Waals surface area contributed by atoms with Gasteiger partial charge in [-0.3, -0.25) is 14.4 Å². The molecule has 0 unspecified atom stereocenters. The van der Waals surface area contributed by atoms with E-state index in [1.807, 2.05) is 6.92 Å². The average Bonchev–Trinajstić information content (AvgIpc) is 3.54. The summed E-state index contributed by atoms with van der Waals surface area (Å²) in [5.74, 6) is 0.377. The first kappa shape index (κ1) is 31.3. The Labute approximate surface area is 232 Å². The number of ketones is 2. The van der Waals surface area contributed by atoms with Gasteiger partial charge in [-0.1, -0.05) is 91.9 Å². The number of carbonyl (C=O) groups is 3. The van der Waals surface area contributed by atoms with E-state index in [1.165, 1.54) is 51.4 Å². The summed E-state index contributed by atoms with van der Waals surface area (Å²) in [4.78, 5) is 38.0. The van der Waals surface area contributed by atoms with Gasteiger partial charge in [-0.15, -0.1) is 0 Å². The Morgan fingerprint density at radius 1 is 0.816 bits per heavy atom. The zero-order valence-electron chi connectivity index (χ0n) is 25.2. The molecule has 3 rings (SSSR count). The molecule has 0 aromatic rings. The molecule has 0 amide bonds. The Morgan fingerprint density at radius 3 is 2.00 bits per heavy atom. The van der Waals surface area contributed by atoms with E-state index in [9.17, 15) is 14.4 Å². The van der Waals surface area contributed by atoms with Gasteiger partial charge in [0.15, 0.2) is 5.78 Å². The first-order valence-corrected chi connectivity index (χ1v) is 15.9. The third-order valence-corrected chi connectivity index (χ3v) is 10.2. The molecular formula is C33H56O5. The topological polar surface area (TPSA) is 73.0 Å². The summed E-state index contributed by atoms with van der Waals surface area (Å²) >= 11 is 0. The highest BCUT2D eigenvalue weighted by molar-refractivity contribution is 5.92. The van der Waals surface area contributed by atoms with Gasteiger partial charge in [0.05, 0.1) is 6.61 Å². The number of epoxide rings is 1. The van der Waals surface area contributed by atoms with Gasteiger partial charge in [-0.25, -0.2) is 0 Å². The van der Waals surface area contributed by atoms with Crippen LogP contribution in [0.5, 0.6) is 0 Å². The zero-order chi connectivity index (χ0) is 27.8. The lowest BCUT2D eigenvalue weighted by molar-refractivity contribution is -0.158. The first-order valence-electron chi connectivity index (χ1n) is 15.9. The highest BCUT2D eigenvalue weighted by Crippen LogP contribution is 2.66. The van der Waals surface area contributed by atoms with E-state index in [0.717, 1.165) is 38.5 Å². The predicted molar refractivity (Wildman–Crippen MR) is 152 cm³/mol. The molecule has 5 heteroatoms. The second-order valence-electron chi connectivity index (χ2n) is 13.8. The molecule has 3 aliphatic rings. The van der Waals surface area contributed by atoms with Crippen LogP contribution in [0.15, 0.2) is 0 Å². The Kier molecular flexibility index (Phi) is 11.5. The van der Waals surface area contributed by atoms with Crippen LogP contribution in [-0.2, 0) is 23.9 Å². The van der Waals surface area contributed by atoms with E-state index in [4.69, 9.17) is 9.47 Å². The number of hydrogen-bond acceptors (Lipinski definition) is 5. The second-order valence-corrected chi connectivity index (χ2v) is 13.8. The van der Waals surface area contributed by atoms with Gasteiger partial charge in [0.1, 0.15) is 17.5 Å². The maximum Gasteiger partial charge on any atom is 0.305 e. The standard InChI is InChI=1S/C33H56O5/c1-6-7-8-9-10-11-12-13-14-15-19-25(34)20-16-17-21-27(35)37-24-26-32(4)23-18-22-31(2,3)29(32)28(36)30-33(26,5)38-30/h26,29-30H,6-24H2,1-5H3/t26-,29+,30+,32-,33-/m1/s1. The molecule has 5 atom stereocenters.